The molecule has 0 saturated heterocycles. The molecule has 0 aliphatic rings. The van der Waals surface area contributed by atoms with Gasteiger partial charge in [0.15, 0.2) is 0 Å². The number of halogens is 1. The molecule has 3 heteroatoms. The molecule has 0 atom stereocenters. The summed E-state index contributed by atoms with van der Waals surface area (Å²) in [5.41, 5.74) is 0.719. The first-order valence-electron chi connectivity index (χ1n) is 5.03. The Balaban J connectivity index is 3.88. The zero-order valence-corrected chi connectivity index (χ0v) is 10.8. The van der Waals surface area contributed by atoms with Crippen LogP contribution in [0.5, 0.6) is 0 Å². The third kappa shape index (κ3) is 6.19. The number of esters is 1. The molecule has 0 aliphatic carbocycles. The quantitative estimate of drug-likeness (QED) is 0.417. The molecule has 14 heavy (non-hydrogen) atoms. The second kappa shape index (κ2) is 8.04. The molecule has 0 spiro atoms. The maximum absolute atomic E-state index is 11.4. The minimum absolute atomic E-state index is 0.190. The minimum atomic E-state index is -0.190. The lowest BCUT2D eigenvalue weighted by Crippen LogP contribution is -2.11. The molecule has 0 aromatic rings. The summed E-state index contributed by atoms with van der Waals surface area (Å²) in [5, 5.41) is 0.571. The fraction of sp³-hybridized carbons (Fsp3) is 0.727. The van der Waals surface area contributed by atoms with E-state index in [2.05, 4.69) is 29.8 Å². The summed E-state index contributed by atoms with van der Waals surface area (Å²) in [6.45, 7) is 6.75. The Kier molecular flexibility index (Phi) is 7.86. The predicted octanol–water partition coefficient (Wildman–Crippen LogP) is 3.31. The van der Waals surface area contributed by atoms with Crippen LogP contribution in [0.4, 0.5) is 0 Å². The summed E-state index contributed by atoms with van der Waals surface area (Å²) in [5.74, 6) is 0.384. The Labute approximate surface area is 94.8 Å². The van der Waals surface area contributed by atoms with Crippen LogP contribution in [0.2, 0.25) is 0 Å². The van der Waals surface area contributed by atoms with Gasteiger partial charge in [0.2, 0.25) is 0 Å². The maximum atomic E-state index is 11.4. The maximum Gasteiger partial charge on any atom is 0.334 e. The van der Waals surface area contributed by atoms with Gasteiger partial charge in [0.05, 0.1) is 6.61 Å². The van der Waals surface area contributed by atoms with Crippen LogP contribution in [0.15, 0.2) is 11.6 Å². The molecule has 0 aromatic heterocycles. The third-order valence-electron chi connectivity index (χ3n) is 1.79. The Morgan fingerprint density at radius 2 is 2.14 bits per heavy atom. The van der Waals surface area contributed by atoms with Crippen LogP contribution < -0.4 is 0 Å². The number of carbonyl (C=O) groups excluding carboxylic acids is 1. The van der Waals surface area contributed by atoms with Gasteiger partial charge in [0, 0.05) is 10.9 Å². The summed E-state index contributed by atoms with van der Waals surface area (Å²) >= 11 is 3.27. The highest BCUT2D eigenvalue weighted by Crippen LogP contribution is 2.06. The van der Waals surface area contributed by atoms with E-state index in [-0.39, 0.29) is 5.97 Å². The molecule has 0 radical (unpaired) electrons. The highest BCUT2D eigenvalue weighted by Gasteiger charge is 2.08. The van der Waals surface area contributed by atoms with Gasteiger partial charge in [0.1, 0.15) is 0 Å². The van der Waals surface area contributed by atoms with Crippen molar-refractivity contribution in [2.75, 3.05) is 11.9 Å². The highest BCUT2D eigenvalue weighted by atomic mass is 79.9. The molecular weight excluding hydrogens is 244 g/mol. The summed E-state index contributed by atoms with van der Waals surface area (Å²) in [6, 6.07) is 0. The van der Waals surface area contributed by atoms with E-state index in [1.54, 1.807) is 0 Å². The van der Waals surface area contributed by atoms with Gasteiger partial charge in [0.25, 0.3) is 0 Å². The van der Waals surface area contributed by atoms with Crippen LogP contribution in [0.25, 0.3) is 0 Å². The summed E-state index contributed by atoms with van der Waals surface area (Å²) in [6.07, 6.45) is 3.68. The average molecular weight is 263 g/mol. The summed E-state index contributed by atoms with van der Waals surface area (Å²) in [7, 11) is 0. The highest BCUT2D eigenvalue weighted by molar-refractivity contribution is 9.09. The lowest BCUT2D eigenvalue weighted by molar-refractivity contribution is -0.139. The van der Waals surface area contributed by atoms with Gasteiger partial charge < -0.3 is 4.74 Å². The zero-order chi connectivity index (χ0) is 11.0. The minimum Gasteiger partial charge on any atom is -0.462 e. The van der Waals surface area contributed by atoms with E-state index in [1.807, 2.05) is 13.0 Å². The fourth-order valence-corrected chi connectivity index (χ4v) is 1.38. The number of ether oxygens (including phenoxy) is 1. The van der Waals surface area contributed by atoms with Crippen molar-refractivity contribution < 1.29 is 9.53 Å². The van der Waals surface area contributed by atoms with Crippen molar-refractivity contribution in [2.45, 2.75) is 33.6 Å². The molecule has 0 amide bonds. The number of hydrogen-bond donors (Lipinski definition) is 0. The topological polar surface area (TPSA) is 26.3 Å². The Bertz CT molecular complexity index is 197. The molecule has 0 aliphatic heterocycles. The first kappa shape index (κ1) is 13.7. The molecule has 0 heterocycles. The number of hydrogen-bond acceptors (Lipinski definition) is 2. The molecule has 2 nitrogen and oxygen atoms in total. The Hall–Kier alpha value is -0.310. The van der Waals surface area contributed by atoms with Crippen molar-refractivity contribution in [2.24, 2.45) is 5.92 Å². The van der Waals surface area contributed by atoms with Gasteiger partial charge in [-0.05, 0) is 18.8 Å². The Morgan fingerprint density at radius 3 is 2.57 bits per heavy atom. The van der Waals surface area contributed by atoms with Crippen LogP contribution in [-0.4, -0.2) is 17.9 Å². The van der Waals surface area contributed by atoms with Crippen molar-refractivity contribution in [1.29, 1.82) is 0 Å². The van der Waals surface area contributed by atoms with Gasteiger partial charge >= 0.3 is 5.97 Å². The number of alkyl halides is 1. The second-order valence-corrected chi connectivity index (χ2v) is 4.15. The van der Waals surface area contributed by atoms with E-state index in [4.69, 9.17) is 4.74 Å². The molecule has 0 saturated carbocycles. The molecule has 0 N–H and O–H groups in total. The largest absolute Gasteiger partial charge is 0.462 e. The molecular formula is C11H19BrO2. The number of carbonyl (C=O) groups is 1. The molecule has 0 fully saturated rings. The first-order chi connectivity index (χ1) is 6.61. The van der Waals surface area contributed by atoms with E-state index < -0.39 is 0 Å². The van der Waals surface area contributed by atoms with E-state index in [1.165, 1.54) is 0 Å². The van der Waals surface area contributed by atoms with E-state index in [0.717, 1.165) is 18.4 Å². The van der Waals surface area contributed by atoms with Gasteiger partial charge in [-0.3, -0.25) is 0 Å². The third-order valence-corrected chi connectivity index (χ3v) is 2.39. The lowest BCUT2D eigenvalue weighted by atomic mass is 10.1. The van der Waals surface area contributed by atoms with Crippen LogP contribution in [0.3, 0.4) is 0 Å². The Morgan fingerprint density at radius 1 is 1.50 bits per heavy atom. The van der Waals surface area contributed by atoms with Crippen molar-refractivity contribution in [3.05, 3.63) is 11.6 Å². The molecule has 0 bridgehead atoms. The van der Waals surface area contributed by atoms with Gasteiger partial charge in [-0.1, -0.05) is 42.8 Å². The normalized spacial score (nSPS) is 11.9. The lowest BCUT2D eigenvalue weighted by Gasteiger charge is -2.07. The SMILES string of the molecule is CCC=C(CBr)C(=O)OCCC(C)C. The number of allylic oxidation sites excluding steroid dienone is 1. The van der Waals surface area contributed by atoms with Crippen LogP contribution in [-0.2, 0) is 9.53 Å². The van der Waals surface area contributed by atoms with E-state index in [0.29, 0.717) is 17.9 Å². The molecule has 82 valence electrons. The average Bonchev–Trinajstić information content (AvgIpc) is 2.13. The van der Waals surface area contributed by atoms with Gasteiger partial charge in [-0.25, -0.2) is 4.79 Å². The van der Waals surface area contributed by atoms with Crippen LogP contribution in [0, 0.1) is 5.92 Å². The van der Waals surface area contributed by atoms with Gasteiger partial charge in [-0.2, -0.15) is 0 Å². The zero-order valence-electron chi connectivity index (χ0n) is 9.18. The molecule has 0 unspecified atom stereocenters. The monoisotopic (exact) mass is 262 g/mol. The summed E-state index contributed by atoms with van der Waals surface area (Å²) < 4.78 is 5.12. The predicted molar refractivity (Wildman–Crippen MR) is 62.6 cm³/mol. The van der Waals surface area contributed by atoms with Crippen molar-refractivity contribution in [1.82, 2.24) is 0 Å². The van der Waals surface area contributed by atoms with Crippen LogP contribution in [0.1, 0.15) is 33.6 Å². The second-order valence-electron chi connectivity index (χ2n) is 3.59. The fourth-order valence-electron chi connectivity index (χ4n) is 0.919. The van der Waals surface area contributed by atoms with Crippen LogP contribution >= 0.6 is 15.9 Å². The molecule has 0 aromatic carbocycles. The first-order valence-corrected chi connectivity index (χ1v) is 6.16. The summed E-state index contributed by atoms with van der Waals surface area (Å²) in [4.78, 5) is 11.4. The van der Waals surface area contributed by atoms with E-state index in [9.17, 15) is 4.79 Å². The standard InChI is InChI=1S/C11H19BrO2/c1-4-5-10(8-12)11(13)14-7-6-9(2)3/h5,9H,4,6-8H2,1-3H3. The number of rotatable bonds is 6. The van der Waals surface area contributed by atoms with E-state index >= 15 is 0 Å². The molecule has 0 rings (SSSR count). The van der Waals surface area contributed by atoms with Gasteiger partial charge in [-0.15, -0.1) is 0 Å². The smallest absolute Gasteiger partial charge is 0.334 e. The van der Waals surface area contributed by atoms with Crippen molar-refractivity contribution in [3.63, 3.8) is 0 Å². The van der Waals surface area contributed by atoms with Crippen molar-refractivity contribution in [3.8, 4) is 0 Å². The van der Waals surface area contributed by atoms with Crippen molar-refractivity contribution >= 4 is 21.9 Å².